The molecule has 0 radical (unpaired) electrons. The smallest absolute Gasteiger partial charge is 0.191 e. The molecule has 0 amide bonds. The van der Waals surface area contributed by atoms with Gasteiger partial charge in [0.15, 0.2) is 5.96 Å². The lowest BCUT2D eigenvalue weighted by molar-refractivity contribution is 0.179. The van der Waals surface area contributed by atoms with Gasteiger partial charge in [0.2, 0.25) is 0 Å². The molecule has 26 heavy (non-hydrogen) atoms. The Labute approximate surface area is 174 Å². The maximum atomic E-state index is 5.33. The minimum absolute atomic E-state index is 0. The lowest BCUT2D eigenvalue weighted by Gasteiger charge is -2.20. The van der Waals surface area contributed by atoms with Gasteiger partial charge < -0.3 is 25.0 Å². The molecule has 1 fully saturated rings. The molecule has 0 saturated carbocycles. The molecule has 7 heteroatoms. The van der Waals surface area contributed by atoms with E-state index in [0.29, 0.717) is 12.5 Å². The molecule has 0 aliphatic carbocycles. The Morgan fingerprint density at radius 2 is 2.19 bits per heavy atom. The number of nitrogens with zero attached hydrogens (tertiary/aromatic N) is 2. The molecule has 1 aliphatic heterocycles. The van der Waals surface area contributed by atoms with Crippen molar-refractivity contribution >= 4 is 35.6 Å². The molecule has 1 aromatic carbocycles. The molecule has 2 N–H and O–H groups in total. The van der Waals surface area contributed by atoms with Gasteiger partial charge in [-0.1, -0.05) is 6.07 Å². The summed E-state index contributed by atoms with van der Waals surface area (Å²) in [5.74, 6) is 2.34. The lowest BCUT2D eigenvalue weighted by atomic mass is 10.1. The predicted molar refractivity (Wildman–Crippen MR) is 119 cm³/mol. The molecule has 0 spiro atoms. The summed E-state index contributed by atoms with van der Waals surface area (Å²) < 4.78 is 10.5. The summed E-state index contributed by atoms with van der Waals surface area (Å²) in [6, 6.07) is 8.51. The number of nitrogens with one attached hydrogen (secondary N) is 2. The third kappa shape index (κ3) is 7.19. The second kappa shape index (κ2) is 12.2. The van der Waals surface area contributed by atoms with Gasteiger partial charge in [-0.2, -0.15) is 0 Å². The Hall–Kier alpha value is -1.22. The van der Waals surface area contributed by atoms with E-state index in [1.807, 2.05) is 12.1 Å². The standard InChI is InChI=1S/C19H32N4O2.HI/c1-5-20-19(22-15(2)14-24-3)21-12-16-9-10-23(13-16)17-7-6-8-18(11-17)25-4;/h6-8,11,15-16H,5,9-10,12-14H2,1-4H3,(H2,20,21,22);1H. The number of guanidine groups is 1. The van der Waals surface area contributed by atoms with Crippen LogP contribution in [0.2, 0.25) is 0 Å². The summed E-state index contributed by atoms with van der Waals surface area (Å²) in [4.78, 5) is 7.18. The average Bonchev–Trinajstić information content (AvgIpc) is 3.09. The van der Waals surface area contributed by atoms with Gasteiger partial charge in [-0.25, -0.2) is 0 Å². The van der Waals surface area contributed by atoms with E-state index in [4.69, 9.17) is 14.5 Å². The van der Waals surface area contributed by atoms with Crippen molar-refractivity contribution in [2.24, 2.45) is 10.9 Å². The van der Waals surface area contributed by atoms with Crippen LogP contribution in [0.4, 0.5) is 5.69 Å². The van der Waals surface area contributed by atoms with Gasteiger partial charge in [0.25, 0.3) is 0 Å². The number of rotatable bonds is 8. The van der Waals surface area contributed by atoms with Crippen LogP contribution in [-0.4, -0.2) is 59.0 Å². The highest BCUT2D eigenvalue weighted by molar-refractivity contribution is 14.0. The quantitative estimate of drug-likeness (QED) is 0.344. The first-order valence-corrected chi connectivity index (χ1v) is 9.09. The average molecular weight is 476 g/mol. The minimum Gasteiger partial charge on any atom is -0.497 e. The van der Waals surface area contributed by atoms with Gasteiger partial charge in [0, 0.05) is 51.1 Å². The number of hydrogen-bond donors (Lipinski definition) is 2. The fraction of sp³-hybridized carbons (Fsp3) is 0.632. The van der Waals surface area contributed by atoms with Crippen LogP contribution in [0.15, 0.2) is 29.3 Å². The van der Waals surface area contributed by atoms with E-state index >= 15 is 0 Å². The number of aliphatic imine (C=N–C) groups is 1. The van der Waals surface area contributed by atoms with E-state index in [9.17, 15) is 0 Å². The third-order valence-corrected chi connectivity index (χ3v) is 4.36. The van der Waals surface area contributed by atoms with Crippen LogP contribution in [0, 0.1) is 5.92 Å². The summed E-state index contributed by atoms with van der Waals surface area (Å²) in [6.07, 6.45) is 1.16. The summed E-state index contributed by atoms with van der Waals surface area (Å²) in [5, 5.41) is 6.69. The Morgan fingerprint density at radius 1 is 1.38 bits per heavy atom. The first-order valence-electron chi connectivity index (χ1n) is 9.09. The summed E-state index contributed by atoms with van der Waals surface area (Å²) in [5.41, 5.74) is 1.23. The van der Waals surface area contributed by atoms with Crippen LogP contribution in [-0.2, 0) is 4.74 Å². The largest absolute Gasteiger partial charge is 0.497 e. The van der Waals surface area contributed by atoms with Gasteiger partial charge in [-0.15, -0.1) is 24.0 Å². The number of anilines is 1. The Bertz CT molecular complexity index is 556. The highest BCUT2D eigenvalue weighted by Gasteiger charge is 2.23. The van der Waals surface area contributed by atoms with Crippen LogP contribution < -0.4 is 20.3 Å². The first-order chi connectivity index (χ1) is 12.2. The maximum absolute atomic E-state index is 5.33. The number of halogens is 1. The molecule has 1 heterocycles. The Balaban J connectivity index is 0.00000338. The molecular weight excluding hydrogens is 443 g/mol. The highest BCUT2D eigenvalue weighted by atomic mass is 127. The number of methoxy groups -OCH3 is 2. The van der Waals surface area contributed by atoms with Gasteiger partial charge in [0.05, 0.1) is 13.7 Å². The second-order valence-corrected chi connectivity index (χ2v) is 6.52. The van der Waals surface area contributed by atoms with E-state index in [2.05, 4.69) is 41.5 Å². The molecule has 0 aromatic heterocycles. The molecule has 0 bridgehead atoms. The molecule has 2 unspecified atom stereocenters. The molecule has 148 valence electrons. The van der Waals surface area contributed by atoms with Crippen molar-refractivity contribution in [3.05, 3.63) is 24.3 Å². The molecule has 1 aromatic rings. The van der Waals surface area contributed by atoms with Gasteiger partial charge in [-0.3, -0.25) is 4.99 Å². The maximum Gasteiger partial charge on any atom is 0.191 e. The number of hydrogen-bond acceptors (Lipinski definition) is 4. The molecule has 1 saturated heterocycles. The van der Waals surface area contributed by atoms with Gasteiger partial charge in [0.1, 0.15) is 5.75 Å². The first kappa shape index (κ1) is 22.8. The van der Waals surface area contributed by atoms with E-state index in [-0.39, 0.29) is 30.0 Å². The SMILES string of the molecule is CCNC(=NCC1CCN(c2cccc(OC)c2)C1)NC(C)COC.I. The zero-order valence-corrected chi connectivity index (χ0v) is 18.7. The van der Waals surface area contributed by atoms with Crippen molar-refractivity contribution in [2.45, 2.75) is 26.3 Å². The minimum atomic E-state index is 0. The molecule has 1 aliphatic rings. The zero-order chi connectivity index (χ0) is 18.1. The van der Waals surface area contributed by atoms with Crippen LogP contribution in [0.25, 0.3) is 0 Å². The fourth-order valence-electron chi connectivity index (χ4n) is 3.09. The summed E-state index contributed by atoms with van der Waals surface area (Å²) >= 11 is 0. The number of benzene rings is 1. The lowest BCUT2D eigenvalue weighted by Crippen LogP contribution is -2.44. The Morgan fingerprint density at radius 3 is 2.88 bits per heavy atom. The highest BCUT2D eigenvalue weighted by Crippen LogP contribution is 2.26. The monoisotopic (exact) mass is 476 g/mol. The van der Waals surface area contributed by atoms with Crippen LogP contribution in [0.5, 0.6) is 5.75 Å². The molecule has 2 atom stereocenters. The van der Waals surface area contributed by atoms with E-state index in [1.165, 1.54) is 5.69 Å². The van der Waals surface area contributed by atoms with Gasteiger partial charge >= 0.3 is 0 Å². The zero-order valence-electron chi connectivity index (χ0n) is 16.3. The van der Waals surface area contributed by atoms with Crippen molar-refractivity contribution in [1.82, 2.24) is 10.6 Å². The molecule has 6 nitrogen and oxygen atoms in total. The van der Waals surface area contributed by atoms with Crippen LogP contribution >= 0.6 is 24.0 Å². The van der Waals surface area contributed by atoms with Crippen molar-refractivity contribution < 1.29 is 9.47 Å². The van der Waals surface area contributed by atoms with Crippen molar-refractivity contribution in [3.63, 3.8) is 0 Å². The normalized spacial score (nSPS) is 18.2. The second-order valence-electron chi connectivity index (χ2n) is 6.52. The fourth-order valence-corrected chi connectivity index (χ4v) is 3.09. The van der Waals surface area contributed by atoms with Gasteiger partial charge in [-0.05, 0) is 38.3 Å². The van der Waals surface area contributed by atoms with Crippen LogP contribution in [0.3, 0.4) is 0 Å². The van der Waals surface area contributed by atoms with Crippen molar-refractivity contribution in [3.8, 4) is 5.75 Å². The van der Waals surface area contributed by atoms with Crippen molar-refractivity contribution in [2.75, 3.05) is 51.9 Å². The van der Waals surface area contributed by atoms with E-state index < -0.39 is 0 Å². The van der Waals surface area contributed by atoms with Crippen molar-refractivity contribution in [1.29, 1.82) is 0 Å². The summed E-state index contributed by atoms with van der Waals surface area (Å²) in [6.45, 7) is 8.62. The summed E-state index contributed by atoms with van der Waals surface area (Å²) in [7, 11) is 3.42. The third-order valence-electron chi connectivity index (χ3n) is 4.36. The topological polar surface area (TPSA) is 58.1 Å². The Kier molecular flexibility index (Phi) is 10.7. The van der Waals surface area contributed by atoms with Crippen LogP contribution in [0.1, 0.15) is 20.3 Å². The van der Waals surface area contributed by atoms with E-state index in [1.54, 1.807) is 14.2 Å². The molecular formula is C19H33IN4O2. The predicted octanol–water partition coefficient (Wildman–Crippen LogP) is 2.73. The number of ether oxygens (including phenoxy) is 2. The van der Waals surface area contributed by atoms with E-state index in [0.717, 1.165) is 44.3 Å². The molecule has 2 rings (SSSR count).